The van der Waals surface area contributed by atoms with Crippen LogP contribution in [-0.2, 0) is 39.8 Å². The van der Waals surface area contributed by atoms with Crippen LogP contribution in [-0.4, -0.2) is 36.9 Å². The largest absolute Gasteiger partial charge is 0.472 e. The topological polar surface area (TPSA) is 109 Å². The maximum absolute atomic E-state index is 14.3. The van der Waals surface area contributed by atoms with Crippen LogP contribution in [0.5, 0.6) is 0 Å². The van der Waals surface area contributed by atoms with Gasteiger partial charge in [-0.1, -0.05) is 38.1 Å². The first-order chi connectivity index (χ1) is 18.7. The van der Waals surface area contributed by atoms with E-state index in [1.165, 1.54) is 13.4 Å². The van der Waals surface area contributed by atoms with E-state index in [1.54, 1.807) is 18.4 Å². The summed E-state index contributed by atoms with van der Waals surface area (Å²) in [6.45, 7) is 3.89. The molecule has 0 bridgehead atoms. The minimum atomic E-state index is -1.12. The number of furan rings is 1. The number of hydrogen-bond donors (Lipinski definition) is 0. The monoisotopic (exact) mass is 532 g/mol. The van der Waals surface area contributed by atoms with Gasteiger partial charge in [0.1, 0.15) is 6.10 Å². The molecule has 0 unspecified atom stereocenters. The molecule has 6 rings (SSSR count). The lowest BCUT2D eigenvalue weighted by atomic mass is 9.43. The van der Waals surface area contributed by atoms with Crippen molar-refractivity contribution in [1.29, 1.82) is 0 Å². The van der Waals surface area contributed by atoms with Crippen LogP contribution in [0.25, 0.3) is 6.08 Å². The van der Waals surface area contributed by atoms with Crippen LogP contribution in [0.1, 0.15) is 62.3 Å². The first-order valence-corrected chi connectivity index (χ1v) is 13.5. The number of methoxy groups -OCH3 is 1. The van der Waals surface area contributed by atoms with Crippen molar-refractivity contribution in [3.63, 3.8) is 0 Å². The number of ether oxygens (including phenoxy) is 3. The minimum Gasteiger partial charge on any atom is -0.472 e. The average Bonchev–Trinajstić information content (AvgIpc) is 3.59. The van der Waals surface area contributed by atoms with Gasteiger partial charge in [-0.25, -0.2) is 4.79 Å². The highest BCUT2D eigenvalue weighted by atomic mass is 16.6. The Hall–Kier alpha value is -3.68. The van der Waals surface area contributed by atoms with E-state index in [0.29, 0.717) is 31.3 Å². The summed E-state index contributed by atoms with van der Waals surface area (Å²) in [6.07, 6.45) is 5.01. The Kier molecular flexibility index (Phi) is 6.04. The molecule has 8 heteroatoms. The summed E-state index contributed by atoms with van der Waals surface area (Å²) in [5.74, 6) is -3.48. The Balaban J connectivity index is 1.35. The van der Waals surface area contributed by atoms with Gasteiger partial charge in [0.2, 0.25) is 0 Å². The molecule has 1 saturated heterocycles. The summed E-state index contributed by atoms with van der Waals surface area (Å²) in [5.41, 5.74) is 1.59. The third-order valence-corrected chi connectivity index (χ3v) is 9.78. The summed E-state index contributed by atoms with van der Waals surface area (Å²) < 4.78 is 22.1. The number of carbonyl (C=O) groups is 4. The lowest BCUT2D eigenvalue weighted by Crippen LogP contribution is -2.64. The van der Waals surface area contributed by atoms with Crippen LogP contribution < -0.4 is 0 Å². The van der Waals surface area contributed by atoms with Gasteiger partial charge in [-0.2, -0.15) is 0 Å². The van der Waals surface area contributed by atoms with E-state index >= 15 is 0 Å². The van der Waals surface area contributed by atoms with Gasteiger partial charge in [-0.3, -0.25) is 14.4 Å². The van der Waals surface area contributed by atoms with Gasteiger partial charge >= 0.3 is 17.9 Å². The molecule has 2 saturated carbocycles. The Morgan fingerprint density at radius 2 is 1.87 bits per heavy atom. The quantitative estimate of drug-likeness (QED) is 0.415. The summed E-state index contributed by atoms with van der Waals surface area (Å²) in [4.78, 5) is 54.1. The third-order valence-electron chi connectivity index (χ3n) is 9.78. The smallest absolute Gasteiger partial charge is 0.335 e. The molecule has 1 aliphatic heterocycles. The Morgan fingerprint density at radius 3 is 2.59 bits per heavy atom. The second-order valence-electron chi connectivity index (χ2n) is 11.9. The molecule has 3 aliphatic carbocycles. The second kappa shape index (κ2) is 9.21. The summed E-state index contributed by atoms with van der Waals surface area (Å²) in [6, 6.07) is 9.46. The van der Waals surface area contributed by atoms with Crippen LogP contribution in [0.3, 0.4) is 0 Å². The van der Waals surface area contributed by atoms with Gasteiger partial charge in [-0.15, -0.1) is 0 Å². The summed E-state index contributed by atoms with van der Waals surface area (Å²) >= 11 is 0. The van der Waals surface area contributed by atoms with Crippen molar-refractivity contribution in [1.82, 2.24) is 0 Å². The van der Waals surface area contributed by atoms with Crippen molar-refractivity contribution in [2.75, 3.05) is 7.11 Å². The number of fused-ring (bicyclic) bond motifs is 4. The Morgan fingerprint density at radius 1 is 1.08 bits per heavy atom. The van der Waals surface area contributed by atoms with Gasteiger partial charge in [0, 0.05) is 29.9 Å². The van der Waals surface area contributed by atoms with E-state index in [4.69, 9.17) is 18.6 Å². The Bertz CT molecular complexity index is 1370. The molecule has 0 radical (unpaired) electrons. The summed E-state index contributed by atoms with van der Waals surface area (Å²) in [5, 5.41) is 0. The highest BCUT2D eigenvalue weighted by Crippen LogP contribution is 2.65. The average molecular weight is 533 g/mol. The van der Waals surface area contributed by atoms with Crippen molar-refractivity contribution in [2.24, 2.45) is 28.6 Å². The molecule has 7 atom stereocenters. The molecule has 1 aromatic carbocycles. The highest BCUT2D eigenvalue weighted by Gasteiger charge is 2.67. The molecule has 3 fully saturated rings. The number of rotatable bonds is 4. The predicted molar refractivity (Wildman–Crippen MR) is 138 cm³/mol. The van der Waals surface area contributed by atoms with Gasteiger partial charge in [0.05, 0.1) is 31.5 Å². The van der Waals surface area contributed by atoms with E-state index in [9.17, 15) is 19.2 Å². The van der Waals surface area contributed by atoms with E-state index in [-0.39, 0.29) is 18.2 Å². The number of ketones is 1. The number of hydrogen-bond acceptors (Lipinski definition) is 8. The van der Waals surface area contributed by atoms with Crippen LogP contribution in [0.2, 0.25) is 0 Å². The van der Waals surface area contributed by atoms with Crippen molar-refractivity contribution in [3.8, 4) is 0 Å². The number of carbonyl (C=O) groups excluding carboxylic acids is 4. The maximum Gasteiger partial charge on any atom is 0.335 e. The number of benzene rings is 1. The lowest BCUT2D eigenvalue weighted by molar-refractivity contribution is -0.210. The fourth-order valence-corrected chi connectivity index (χ4v) is 7.88. The molecule has 2 aromatic rings. The fraction of sp³-hybridized carbons (Fsp3) is 0.484. The fourth-order valence-electron chi connectivity index (χ4n) is 7.88. The van der Waals surface area contributed by atoms with Gasteiger partial charge in [0.25, 0.3) is 0 Å². The normalized spacial score (nSPS) is 35.2. The van der Waals surface area contributed by atoms with Gasteiger partial charge < -0.3 is 18.6 Å². The number of cyclic esters (lactones) is 1. The minimum absolute atomic E-state index is 0.0564. The van der Waals surface area contributed by atoms with Gasteiger partial charge in [-0.05, 0) is 53.4 Å². The zero-order chi connectivity index (χ0) is 27.5. The van der Waals surface area contributed by atoms with Crippen molar-refractivity contribution < 1.29 is 37.8 Å². The van der Waals surface area contributed by atoms with Crippen molar-refractivity contribution in [3.05, 3.63) is 65.1 Å². The molecule has 8 nitrogen and oxygen atoms in total. The van der Waals surface area contributed by atoms with Crippen molar-refractivity contribution >= 4 is 29.8 Å². The van der Waals surface area contributed by atoms with Crippen LogP contribution in [0, 0.1) is 28.6 Å². The molecular weight excluding hydrogens is 500 g/mol. The zero-order valence-corrected chi connectivity index (χ0v) is 22.3. The second-order valence-corrected chi connectivity index (χ2v) is 11.9. The first-order valence-electron chi connectivity index (χ1n) is 13.5. The van der Waals surface area contributed by atoms with Gasteiger partial charge in [0.15, 0.2) is 11.9 Å². The molecule has 2 heterocycles. The molecule has 39 heavy (non-hydrogen) atoms. The highest BCUT2D eigenvalue weighted by molar-refractivity contribution is 5.99. The van der Waals surface area contributed by atoms with E-state index in [1.807, 2.05) is 38.1 Å². The first kappa shape index (κ1) is 25.6. The number of esters is 3. The maximum atomic E-state index is 14.3. The van der Waals surface area contributed by atoms with E-state index in [2.05, 4.69) is 0 Å². The molecule has 204 valence electrons. The van der Waals surface area contributed by atoms with E-state index in [0.717, 1.165) is 16.7 Å². The Labute approximate surface area is 226 Å². The SMILES string of the molecule is COC(=O)[C@@H]1C[C@H](OC(=O)C2=Cc3ccccc3C2)C(=O)[C@H]2[C@@]1(C)CC[C@H]1C(=O)O[C@H](c3ccoc3)C[C@]21C. The lowest BCUT2D eigenvalue weighted by Gasteiger charge is -2.61. The van der Waals surface area contributed by atoms with Crippen LogP contribution in [0.15, 0.2) is 52.8 Å². The molecular formula is C31H32O8. The zero-order valence-electron chi connectivity index (χ0n) is 22.3. The molecule has 0 spiro atoms. The number of Topliss-reactive ketones (excluding diaryl/α,β-unsaturated/α-hetero) is 1. The standard InChI is InChI=1S/C31H32O8/c1-30-10-8-21-29(35)39-24(19-9-11-37-16-19)15-31(21,2)26(30)25(32)23(14-22(30)28(34)36-3)38-27(33)20-12-17-6-4-5-7-18(17)13-20/h4-7,9,11-12,16,21-24,26H,8,10,13-15H2,1-3H3/t21-,22-,23-,24-,26-,30-,31-/m0/s1. The molecule has 1 aromatic heterocycles. The van der Waals surface area contributed by atoms with E-state index < -0.39 is 52.7 Å². The predicted octanol–water partition coefficient (Wildman–Crippen LogP) is 4.62. The van der Waals surface area contributed by atoms with Crippen LogP contribution >= 0.6 is 0 Å². The molecule has 4 aliphatic rings. The molecule has 0 N–H and O–H groups in total. The van der Waals surface area contributed by atoms with Crippen LogP contribution in [0.4, 0.5) is 0 Å². The summed E-state index contributed by atoms with van der Waals surface area (Å²) in [7, 11) is 1.33. The molecule has 0 amide bonds. The third kappa shape index (κ3) is 3.95. The van der Waals surface area contributed by atoms with Crippen molar-refractivity contribution in [2.45, 2.75) is 58.2 Å².